The number of nitrogens with zero attached hydrogens (tertiary/aromatic N) is 3. The summed E-state index contributed by atoms with van der Waals surface area (Å²) in [6.07, 6.45) is 3.03. The van der Waals surface area contributed by atoms with Gasteiger partial charge in [0.2, 0.25) is 0 Å². The maximum Gasteiger partial charge on any atom is 0.274 e. The Morgan fingerprint density at radius 2 is 2.15 bits per heavy atom. The number of amides is 1. The van der Waals surface area contributed by atoms with Crippen molar-refractivity contribution in [1.82, 2.24) is 14.9 Å². The number of methoxy groups -OCH3 is 2. The van der Waals surface area contributed by atoms with Gasteiger partial charge in [0.05, 0.1) is 31.6 Å². The molecule has 112 valence electrons. The highest BCUT2D eigenvalue weighted by Gasteiger charge is 2.22. The minimum Gasteiger partial charge on any atom is -0.383 e. The molecule has 1 amide bonds. The van der Waals surface area contributed by atoms with Crippen molar-refractivity contribution in [3.05, 3.63) is 18.1 Å². The van der Waals surface area contributed by atoms with E-state index in [1.165, 1.54) is 6.20 Å². The molecule has 0 aliphatic rings. The molecule has 7 heteroatoms. The third-order valence-corrected chi connectivity index (χ3v) is 2.85. The molecule has 1 aromatic heterocycles. The molecule has 1 N–H and O–H groups in total. The zero-order valence-electron chi connectivity index (χ0n) is 12.4. The van der Waals surface area contributed by atoms with Crippen LogP contribution in [0, 0.1) is 0 Å². The van der Waals surface area contributed by atoms with Crippen molar-refractivity contribution in [1.29, 1.82) is 0 Å². The Labute approximate surface area is 119 Å². The predicted molar refractivity (Wildman–Crippen MR) is 75.8 cm³/mol. The normalized spacial score (nSPS) is 12.0. The van der Waals surface area contributed by atoms with E-state index >= 15 is 0 Å². The van der Waals surface area contributed by atoms with Gasteiger partial charge in [-0.3, -0.25) is 9.78 Å². The smallest absolute Gasteiger partial charge is 0.274 e. The number of rotatable bonds is 8. The quantitative estimate of drug-likeness (QED) is 0.754. The Balaban J connectivity index is 2.90. The Hall–Kier alpha value is -1.73. The number of anilines is 1. The standard InChI is InChI=1S/C13H22N4O3/c1-10(9-20-4)17(5-6-19-3)13(18)11-7-15-8-12(14-2)16-11/h7-8,10H,5-6,9H2,1-4H3,(H,14,16). The van der Waals surface area contributed by atoms with E-state index in [1.807, 2.05) is 6.92 Å². The predicted octanol–water partition coefficient (Wildman–Crippen LogP) is 0.642. The highest BCUT2D eigenvalue weighted by atomic mass is 16.5. The van der Waals surface area contributed by atoms with Gasteiger partial charge in [-0.25, -0.2) is 4.98 Å². The molecule has 0 aliphatic heterocycles. The number of hydrogen-bond acceptors (Lipinski definition) is 6. The van der Waals surface area contributed by atoms with Gasteiger partial charge in [0.1, 0.15) is 11.5 Å². The van der Waals surface area contributed by atoms with E-state index in [1.54, 1.807) is 32.4 Å². The van der Waals surface area contributed by atoms with Crippen LogP contribution in [0.3, 0.4) is 0 Å². The van der Waals surface area contributed by atoms with Gasteiger partial charge in [0.25, 0.3) is 5.91 Å². The number of nitrogens with one attached hydrogen (secondary N) is 1. The molecule has 0 bridgehead atoms. The number of hydrogen-bond donors (Lipinski definition) is 1. The van der Waals surface area contributed by atoms with Gasteiger partial charge in [-0.2, -0.15) is 0 Å². The van der Waals surface area contributed by atoms with Crippen LogP contribution in [0.2, 0.25) is 0 Å². The van der Waals surface area contributed by atoms with Gasteiger partial charge in [-0.1, -0.05) is 0 Å². The molecule has 20 heavy (non-hydrogen) atoms. The molecule has 0 spiro atoms. The van der Waals surface area contributed by atoms with Gasteiger partial charge in [-0.15, -0.1) is 0 Å². The summed E-state index contributed by atoms with van der Waals surface area (Å²) >= 11 is 0. The molecule has 0 saturated carbocycles. The van der Waals surface area contributed by atoms with E-state index in [0.717, 1.165) is 0 Å². The van der Waals surface area contributed by atoms with E-state index in [9.17, 15) is 4.79 Å². The van der Waals surface area contributed by atoms with E-state index in [-0.39, 0.29) is 11.9 Å². The molecular formula is C13H22N4O3. The van der Waals surface area contributed by atoms with Crippen LogP contribution in [0.5, 0.6) is 0 Å². The van der Waals surface area contributed by atoms with Crippen molar-refractivity contribution in [2.45, 2.75) is 13.0 Å². The highest BCUT2D eigenvalue weighted by molar-refractivity contribution is 5.92. The molecule has 0 fully saturated rings. The molecule has 1 heterocycles. The SMILES string of the molecule is CNc1cncc(C(=O)N(CCOC)C(C)COC)n1. The molecule has 0 saturated heterocycles. The van der Waals surface area contributed by atoms with Crippen molar-refractivity contribution in [2.24, 2.45) is 0 Å². The van der Waals surface area contributed by atoms with E-state index in [2.05, 4.69) is 15.3 Å². The molecule has 0 aliphatic carbocycles. The van der Waals surface area contributed by atoms with Crippen molar-refractivity contribution in [3.8, 4) is 0 Å². The summed E-state index contributed by atoms with van der Waals surface area (Å²) in [5.41, 5.74) is 0.302. The summed E-state index contributed by atoms with van der Waals surface area (Å²) in [6.45, 7) is 3.31. The first-order chi connectivity index (χ1) is 9.63. The summed E-state index contributed by atoms with van der Waals surface area (Å²) in [4.78, 5) is 22.4. The molecule has 1 unspecified atom stereocenters. The van der Waals surface area contributed by atoms with Gasteiger partial charge in [0.15, 0.2) is 0 Å². The third kappa shape index (κ3) is 4.43. The molecule has 1 atom stereocenters. The first-order valence-electron chi connectivity index (χ1n) is 6.42. The first kappa shape index (κ1) is 16.3. The topological polar surface area (TPSA) is 76.6 Å². The van der Waals surface area contributed by atoms with E-state index in [4.69, 9.17) is 9.47 Å². The third-order valence-electron chi connectivity index (χ3n) is 2.85. The number of aromatic nitrogens is 2. The maximum absolute atomic E-state index is 12.5. The van der Waals surface area contributed by atoms with E-state index < -0.39 is 0 Å². The van der Waals surface area contributed by atoms with Crippen LogP contribution in [-0.2, 0) is 9.47 Å². The van der Waals surface area contributed by atoms with Crippen LogP contribution in [0.4, 0.5) is 5.82 Å². The average molecular weight is 282 g/mol. The van der Waals surface area contributed by atoms with Crippen LogP contribution in [0.1, 0.15) is 17.4 Å². The molecular weight excluding hydrogens is 260 g/mol. The van der Waals surface area contributed by atoms with Crippen LogP contribution in [0.15, 0.2) is 12.4 Å². The minimum atomic E-state index is -0.184. The highest BCUT2D eigenvalue weighted by Crippen LogP contribution is 2.08. The number of ether oxygens (including phenoxy) is 2. The fourth-order valence-electron chi connectivity index (χ4n) is 1.78. The molecule has 0 aromatic carbocycles. The molecule has 0 radical (unpaired) electrons. The largest absolute Gasteiger partial charge is 0.383 e. The minimum absolute atomic E-state index is 0.0670. The van der Waals surface area contributed by atoms with Crippen molar-refractivity contribution >= 4 is 11.7 Å². The molecule has 1 aromatic rings. The fourth-order valence-corrected chi connectivity index (χ4v) is 1.78. The average Bonchev–Trinajstić information content (AvgIpc) is 2.47. The lowest BCUT2D eigenvalue weighted by Crippen LogP contribution is -2.43. The van der Waals surface area contributed by atoms with Crippen LogP contribution in [-0.4, -0.2) is 67.8 Å². The van der Waals surface area contributed by atoms with Crippen LogP contribution in [0.25, 0.3) is 0 Å². The first-order valence-corrected chi connectivity index (χ1v) is 6.42. The second-order valence-electron chi connectivity index (χ2n) is 4.34. The van der Waals surface area contributed by atoms with Crippen LogP contribution >= 0.6 is 0 Å². The Morgan fingerprint density at radius 3 is 2.75 bits per heavy atom. The van der Waals surface area contributed by atoms with Crippen molar-refractivity contribution < 1.29 is 14.3 Å². The monoisotopic (exact) mass is 282 g/mol. The summed E-state index contributed by atoms with van der Waals surface area (Å²) in [5.74, 6) is 0.373. The lowest BCUT2D eigenvalue weighted by molar-refractivity contribution is 0.0474. The van der Waals surface area contributed by atoms with Crippen LogP contribution < -0.4 is 5.32 Å². The Bertz CT molecular complexity index is 428. The van der Waals surface area contributed by atoms with Gasteiger partial charge >= 0.3 is 0 Å². The van der Waals surface area contributed by atoms with Gasteiger partial charge in [-0.05, 0) is 6.92 Å². The zero-order valence-corrected chi connectivity index (χ0v) is 12.4. The summed E-state index contributed by atoms with van der Waals surface area (Å²) in [5, 5.41) is 2.86. The second kappa shape index (κ2) is 8.44. The van der Waals surface area contributed by atoms with Crippen molar-refractivity contribution in [2.75, 3.05) is 46.3 Å². The van der Waals surface area contributed by atoms with Gasteiger partial charge in [0, 0.05) is 27.8 Å². The van der Waals surface area contributed by atoms with Crippen molar-refractivity contribution in [3.63, 3.8) is 0 Å². The maximum atomic E-state index is 12.5. The summed E-state index contributed by atoms with van der Waals surface area (Å²) < 4.78 is 10.2. The summed E-state index contributed by atoms with van der Waals surface area (Å²) in [6, 6.07) is -0.0670. The second-order valence-corrected chi connectivity index (χ2v) is 4.34. The van der Waals surface area contributed by atoms with Gasteiger partial charge < -0.3 is 19.7 Å². The zero-order chi connectivity index (χ0) is 15.0. The fraction of sp³-hybridized carbons (Fsp3) is 0.615. The summed E-state index contributed by atoms with van der Waals surface area (Å²) in [7, 11) is 4.94. The number of carbonyl (C=O) groups excluding carboxylic acids is 1. The number of carbonyl (C=O) groups is 1. The van der Waals surface area contributed by atoms with E-state index in [0.29, 0.717) is 31.3 Å². The molecule has 7 nitrogen and oxygen atoms in total. The molecule has 1 rings (SSSR count). The Kier molecular flexibility index (Phi) is 6.89. The lowest BCUT2D eigenvalue weighted by Gasteiger charge is -2.28. The Morgan fingerprint density at radius 1 is 1.40 bits per heavy atom. The lowest BCUT2D eigenvalue weighted by atomic mass is 10.2.